The third-order valence-electron chi connectivity index (χ3n) is 13.1. The van der Waals surface area contributed by atoms with Crippen molar-refractivity contribution < 1.29 is 4.42 Å². The molecule has 0 atom stereocenters. The molecule has 0 radical (unpaired) electrons. The fourth-order valence-corrected chi connectivity index (χ4v) is 11.3. The largest absolute Gasteiger partial charge is 0.456 e. The molecule has 6 aromatic carbocycles. The molecule has 51 heavy (non-hydrogen) atoms. The normalized spacial score (nSPS) is 24.2. The molecule has 5 aliphatic rings. The molecule has 0 amide bonds. The number of rotatable bonds is 3. The first-order valence-electron chi connectivity index (χ1n) is 18.6. The molecule has 4 bridgehead atoms. The van der Waals surface area contributed by atoms with E-state index in [0.717, 1.165) is 56.3 Å². The highest BCUT2D eigenvalue weighted by atomic mass is 16.3. The molecule has 0 aliphatic heterocycles. The third kappa shape index (κ3) is 3.88. The molecule has 244 valence electrons. The summed E-state index contributed by atoms with van der Waals surface area (Å²) >= 11 is 0. The van der Waals surface area contributed by atoms with Crippen LogP contribution in [0.4, 0.5) is 0 Å². The maximum absolute atomic E-state index is 6.17. The minimum atomic E-state index is 0.0453. The molecule has 0 N–H and O–H groups in total. The molecular weight excluding hydrogens is 623 g/mol. The van der Waals surface area contributed by atoms with Crippen molar-refractivity contribution in [2.75, 3.05) is 0 Å². The molecule has 4 nitrogen and oxygen atoms in total. The Morgan fingerprint density at radius 1 is 0.471 bits per heavy atom. The van der Waals surface area contributed by atoms with Crippen molar-refractivity contribution >= 4 is 32.7 Å². The first kappa shape index (κ1) is 28.1. The zero-order valence-electron chi connectivity index (χ0n) is 28.2. The van der Waals surface area contributed by atoms with E-state index in [1.54, 1.807) is 5.56 Å². The summed E-state index contributed by atoms with van der Waals surface area (Å²) in [6.45, 7) is 0. The lowest BCUT2D eigenvalue weighted by atomic mass is 9.43. The molecule has 0 saturated heterocycles. The van der Waals surface area contributed by atoms with Gasteiger partial charge in [0.25, 0.3) is 0 Å². The molecule has 1 spiro atoms. The van der Waals surface area contributed by atoms with Crippen LogP contribution in [-0.4, -0.2) is 15.0 Å². The standard InChI is InChI=1S/C47H35N3O/c1-2-9-30(10-3-1)44-48-45(31-16-19-42-38(25-31)36-12-6-7-13-41(36)51-42)50-46(49-44)32-14-17-37-40(26-32)47(33-21-27-20-28(23-33)24-34(47)22-27)39-18-15-29-8-4-5-11-35(29)43(37)39/h1-19,25-28,33-34H,20-24H2. The Morgan fingerprint density at radius 3 is 1.88 bits per heavy atom. The van der Waals surface area contributed by atoms with E-state index < -0.39 is 0 Å². The zero-order valence-corrected chi connectivity index (χ0v) is 28.2. The third-order valence-corrected chi connectivity index (χ3v) is 13.1. The predicted octanol–water partition coefficient (Wildman–Crippen LogP) is 11.6. The van der Waals surface area contributed by atoms with Gasteiger partial charge in [0.2, 0.25) is 0 Å². The van der Waals surface area contributed by atoms with Gasteiger partial charge in [0.05, 0.1) is 0 Å². The number of hydrogen-bond donors (Lipinski definition) is 0. The molecule has 2 aromatic heterocycles. The van der Waals surface area contributed by atoms with Gasteiger partial charge < -0.3 is 4.42 Å². The van der Waals surface area contributed by atoms with Crippen LogP contribution in [0.5, 0.6) is 0 Å². The van der Waals surface area contributed by atoms with Gasteiger partial charge in [-0.05, 0) is 119 Å². The van der Waals surface area contributed by atoms with Crippen LogP contribution in [0.1, 0.15) is 43.2 Å². The summed E-state index contributed by atoms with van der Waals surface area (Å²) in [5.41, 5.74) is 10.7. The minimum Gasteiger partial charge on any atom is -0.456 e. The molecule has 13 rings (SSSR count). The SMILES string of the molecule is c1ccc(-c2nc(-c3ccc4c(c3)C3(c5ccc6ccccc6c5-4)C4CC5CC(C4)CC3C5)nc(-c3ccc4oc5ccccc5c4c3)n2)cc1. The van der Waals surface area contributed by atoms with Gasteiger partial charge in [0.1, 0.15) is 11.2 Å². The van der Waals surface area contributed by atoms with Crippen LogP contribution >= 0.6 is 0 Å². The van der Waals surface area contributed by atoms with Gasteiger partial charge in [-0.15, -0.1) is 0 Å². The lowest BCUT2D eigenvalue weighted by Gasteiger charge is -2.61. The quantitative estimate of drug-likeness (QED) is 0.190. The molecule has 8 aromatic rings. The summed E-state index contributed by atoms with van der Waals surface area (Å²) in [5, 5.41) is 4.87. The number of furan rings is 1. The van der Waals surface area contributed by atoms with Crippen molar-refractivity contribution in [2.45, 2.75) is 37.5 Å². The lowest BCUT2D eigenvalue weighted by Crippen LogP contribution is -2.55. The van der Waals surface area contributed by atoms with Crippen LogP contribution < -0.4 is 0 Å². The van der Waals surface area contributed by atoms with Crippen molar-refractivity contribution in [3.05, 3.63) is 139 Å². The predicted molar refractivity (Wildman–Crippen MR) is 204 cm³/mol. The number of fused-ring (bicyclic) bond motifs is 8. The van der Waals surface area contributed by atoms with Gasteiger partial charge in [0, 0.05) is 32.9 Å². The Labute approximate surface area is 296 Å². The van der Waals surface area contributed by atoms with Crippen LogP contribution in [0.15, 0.2) is 132 Å². The van der Waals surface area contributed by atoms with Gasteiger partial charge in [-0.1, -0.05) is 97.1 Å². The summed E-state index contributed by atoms with van der Waals surface area (Å²) in [4.78, 5) is 15.6. The van der Waals surface area contributed by atoms with Gasteiger partial charge in [-0.25, -0.2) is 15.0 Å². The van der Waals surface area contributed by atoms with Gasteiger partial charge in [-0.2, -0.15) is 0 Å². The second-order valence-electron chi connectivity index (χ2n) is 15.6. The first-order valence-corrected chi connectivity index (χ1v) is 18.6. The van der Waals surface area contributed by atoms with E-state index in [9.17, 15) is 0 Å². The minimum absolute atomic E-state index is 0.0453. The van der Waals surface area contributed by atoms with E-state index in [1.165, 1.54) is 59.6 Å². The van der Waals surface area contributed by atoms with Crippen molar-refractivity contribution in [3.8, 4) is 45.3 Å². The average molecular weight is 658 g/mol. The number of benzene rings is 6. The van der Waals surface area contributed by atoms with Crippen molar-refractivity contribution in [1.29, 1.82) is 0 Å². The molecule has 0 unspecified atom stereocenters. The van der Waals surface area contributed by atoms with E-state index in [-0.39, 0.29) is 5.41 Å². The fourth-order valence-electron chi connectivity index (χ4n) is 11.3. The van der Waals surface area contributed by atoms with Gasteiger partial charge >= 0.3 is 0 Å². The van der Waals surface area contributed by atoms with Crippen molar-refractivity contribution in [3.63, 3.8) is 0 Å². The molecular formula is C47H35N3O. The van der Waals surface area contributed by atoms with Gasteiger partial charge in [-0.3, -0.25) is 0 Å². The van der Waals surface area contributed by atoms with Crippen molar-refractivity contribution in [1.82, 2.24) is 15.0 Å². The Hall–Kier alpha value is -5.61. The van der Waals surface area contributed by atoms with Crippen LogP contribution in [0.3, 0.4) is 0 Å². The first-order chi connectivity index (χ1) is 25.2. The number of aromatic nitrogens is 3. The van der Waals surface area contributed by atoms with E-state index in [0.29, 0.717) is 23.5 Å². The molecule has 4 heteroatoms. The lowest BCUT2D eigenvalue weighted by molar-refractivity contribution is -0.0399. The summed E-state index contributed by atoms with van der Waals surface area (Å²) in [5.74, 6) is 5.21. The molecule has 5 aliphatic carbocycles. The fraction of sp³-hybridized carbons (Fsp3) is 0.213. The van der Waals surface area contributed by atoms with E-state index >= 15 is 0 Å². The summed E-state index contributed by atoms with van der Waals surface area (Å²) in [6.07, 6.45) is 6.84. The molecule has 4 fully saturated rings. The zero-order chi connectivity index (χ0) is 33.3. The highest BCUT2D eigenvalue weighted by molar-refractivity contribution is 6.06. The molecule has 4 saturated carbocycles. The van der Waals surface area contributed by atoms with Gasteiger partial charge in [0.15, 0.2) is 17.5 Å². The monoisotopic (exact) mass is 657 g/mol. The highest BCUT2D eigenvalue weighted by Crippen LogP contribution is 2.70. The Bertz CT molecular complexity index is 2700. The number of hydrogen-bond acceptors (Lipinski definition) is 4. The van der Waals surface area contributed by atoms with Crippen molar-refractivity contribution in [2.24, 2.45) is 23.7 Å². The van der Waals surface area contributed by atoms with Crippen LogP contribution in [-0.2, 0) is 5.41 Å². The summed E-state index contributed by atoms with van der Waals surface area (Å²) in [6, 6.07) is 45.8. The average Bonchev–Trinajstić information content (AvgIpc) is 3.70. The van der Waals surface area contributed by atoms with E-state index in [4.69, 9.17) is 19.4 Å². The molecule has 2 heterocycles. The maximum atomic E-state index is 6.17. The Balaban J connectivity index is 1.08. The highest BCUT2D eigenvalue weighted by Gasteiger charge is 2.61. The second-order valence-corrected chi connectivity index (χ2v) is 15.6. The summed E-state index contributed by atoms with van der Waals surface area (Å²) in [7, 11) is 0. The van der Waals surface area contributed by atoms with E-state index in [1.807, 2.05) is 24.3 Å². The topological polar surface area (TPSA) is 51.8 Å². The summed E-state index contributed by atoms with van der Waals surface area (Å²) < 4.78 is 6.17. The maximum Gasteiger partial charge on any atom is 0.164 e. The number of nitrogens with zero attached hydrogens (tertiary/aromatic N) is 3. The second kappa shape index (κ2) is 10.2. The smallest absolute Gasteiger partial charge is 0.164 e. The number of para-hydroxylation sites is 1. The Kier molecular flexibility index (Phi) is 5.64. The van der Waals surface area contributed by atoms with Crippen LogP contribution in [0.2, 0.25) is 0 Å². The Morgan fingerprint density at radius 2 is 1.10 bits per heavy atom. The van der Waals surface area contributed by atoms with Crippen LogP contribution in [0.25, 0.3) is 78.0 Å². The van der Waals surface area contributed by atoms with E-state index in [2.05, 4.69) is 103 Å². The van der Waals surface area contributed by atoms with Crippen LogP contribution in [0, 0.1) is 23.7 Å².